The van der Waals surface area contributed by atoms with Gasteiger partial charge in [-0.15, -0.1) is 11.8 Å². The van der Waals surface area contributed by atoms with Crippen molar-refractivity contribution in [3.63, 3.8) is 0 Å². The third kappa shape index (κ3) is 4.01. The fourth-order valence-corrected chi connectivity index (χ4v) is 3.48. The summed E-state index contributed by atoms with van der Waals surface area (Å²) in [6.07, 6.45) is 0. The fourth-order valence-electron chi connectivity index (χ4n) is 2.44. The Morgan fingerprint density at radius 1 is 0.714 bits per heavy atom. The Morgan fingerprint density at radius 3 is 1.71 bits per heavy atom. The maximum atomic E-state index is 13.9. The molecule has 1 N–H and O–H groups in total. The minimum Gasteiger partial charge on any atom is -0.320 e. The number of amides is 1. The molecule has 0 spiro atoms. The second kappa shape index (κ2) is 8.43. The number of hydrogen-bond donors (Lipinski definition) is 1. The minimum absolute atomic E-state index is 0.498. The Morgan fingerprint density at radius 2 is 1.18 bits per heavy atom. The first-order chi connectivity index (χ1) is 13.4. The van der Waals surface area contributed by atoms with E-state index < -0.39 is 45.9 Å². The third-order valence-electron chi connectivity index (χ3n) is 3.80. The van der Waals surface area contributed by atoms with Gasteiger partial charge in [-0.25, -0.2) is 22.0 Å². The Kier molecular flexibility index (Phi) is 5.99. The molecule has 0 saturated carbocycles. The highest BCUT2D eigenvalue weighted by Gasteiger charge is 2.29. The molecule has 2 nitrogen and oxygen atoms in total. The molecule has 3 rings (SSSR count). The monoisotopic (exact) mass is 409 g/mol. The fraction of sp³-hybridized carbons (Fsp3) is 0.0500. The van der Waals surface area contributed by atoms with Crippen molar-refractivity contribution in [2.45, 2.75) is 10.1 Å². The lowest BCUT2D eigenvalue weighted by atomic mass is 10.1. The molecule has 0 aliphatic rings. The number of rotatable bonds is 5. The van der Waals surface area contributed by atoms with Gasteiger partial charge in [0.2, 0.25) is 11.7 Å². The molecule has 0 radical (unpaired) electrons. The summed E-state index contributed by atoms with van der Waals surface area (Å²) < 4.78 is 67.8. The van der Waals surface area contributed by atoms with Gasteiger partial charge >= 0.3 is 0 Å². The maximum absolute atomic E-state index is 13.9. The third-order valence-corrected chi connectivity index (χ3v) is 5.06. The molecule has 3 aromatic rings. The van der Waals surface area contributed by atoms with Crippen LogP contribution in [0.25, 0.3) is 0 Å². The standard InChI is InChI=1S/C20H12F5NOS/c21-13-14(22)16(24)18(17(25)15(13)23)26-20(27)19(11-7-3-1-4-8-11)28-12-9-5-2-6-10-12/h1-10,19H,(H,26,27)/t19-/m0/s1. The molecule has 144 valence electrons. The van der Waals surface area contributed by atoms with Crippen molar-refractivity contribution >= 4 is 23.4 Å². The molecule has 28 heavy (non-hydrogen) atoms. The first-order valence-electron chi connectivity index (χ1n) is 7.99. The number of halogens is 5. The van der Waals surface area contributed by atoms with E-state index in [9.17, 15) is 26.7 Å². The molecule has 0 aliphatic carbocycles. The van der Waals surface area contributed by atoms with Gasteiger partial charge in [-0.3, -0.25) is 4.79 Å². The molecule has 3 aromatic carbocycles. The van der Waals surface area contributed by atoms with E-state index in [1.54, 1.807) is 60.7 Å². The van der Waals surface area contributed by atoms with Crippen LogP contribution in [-0.4, -0.2) is 5.91 Å². The second-order valence-electron chi connectivity index (χ2n) is 5.66. The van der Waals surface area contributed by atoms with E-state index in [1.165, 1.54) is 0 Å². The summed E-state index contributed by atoms with van der Waals surface area (Å²) in [4.78, 5) is 13.4. The summed E-state index contributed by atoms with van der Waals surface area (Å²) in [6, 6.07) is 17.0. The highest BCUT2D eigenvalue weighted by atomic mass is 32.2. The van der Waals surface area contributed by atoms with Crippen LogP contribution >= 0.6 is 11.8 Å². The summed E-state index contributed by atoms with van der Waals surface area (Å²) in [5.74, 6) is -11.7. The van der Waals surface area contributed by atoms with Crippen LogP contribution in [0, 0.1) is 29.1 Å². The van der Waals surface area contributed by atoms with Gasteiger partial charge in [0, 0.05) is 4.90 Å². The largest absolute Gasteiger partial charge is 0.320 e. The van der Waals surface area contributed by atoms with Gasteiger partial charge in [-0.2, -0.15) is 0 Å². The van der Waals surface area contributed by atoms with E-state index in [-0.39, 0.29) is 0 Å². The van der Waals surface area contributed by atoms with Crippen LogP contribution in [0.2, 0.25) is 0 Å². The Bertz CT molecular complexity index is 969. The predicted octanol–water partition coefficient (Wildman–Crippen LogP) is 5.85. The van der Waals surface area contributed by atoms with Gasteiger partial charge in [0.15, 0.2) is 23.3 Å². The van der Waals surface area contributed by atoms with Crippen LogP contribution in [0.4, 0.5) is 27.6 Å². The SMILES string of the molecule is O=C(Nc1c(F)c(F)c(F)c(F)c1F)[C@@H](Sc1ccccc1)c1ccccc1. The van der Waals surface area contributed by atoms with Crippen LogP contribution in [-0.2, 0) is 4.79 Å². The van der Waals surface area contributed by atoms with Crippen LogP contribution in [0.3, 0.4) is 0 Å². The molecule has 8 heteroatoms. The van der Waals surface area contributed by atoms with Crippen LogP contribution < -0.4 is 5.32 Å². The molecule has 0 aliphatic heterocycles. The summed E-state index contributed by atoms with van der Waals surface area (Å²) in [7, 11) is 0. The Labute approximate surface area is 161 Å². The Balaban J connectivity index is 1.97. The van der Waals surface area contributed by atoms with Gasteiger partial charge < -0.3 is 5.32 Å². The molecule has 1 amide bonds. The number of hydrogen-bond acceptors (Lipinski definition) is 2. The van der Waals surface area contributed by atoms with E-state index in [0.29, 0.717) is 10.5 Å². The van der Waals surface area contributed by atoms with E-state index in [2.05, 4.69) is 0 Å². The highest BCUT2D eigenvalue weighted by Crippen LogP contribution is 2.37. The van der Waals surface area contributed by atoms with E-state index in [1.807, 2.05) is 5.32 Å². The zero-order valence-corrected chi connectivity index (χ0v) is 14.9. The zero-order chi connectivity index (χ0) is 20.3. The molecule has 0 aromatic heterocycles. The average molecular weight is 409 g/mol. The van der Waals surface area contributed by atoms with E-state index >= 15 is 0 Å². The molecular weight excluding hydrogens is 397 g/mol. The van der Waals surface area contributed by atoms with E-state index in [0.717, 1.165) is 11.8 Å². The molecular formula is C20H12F5NOS. The minimum atomic E-state index is -2.29. The number of nitrogens with one attached hydrogen (secondary N) is 1. The normalized spacial score (nSPS) is 11.9. The molecule has 0 heterocycles. The van der Waals surface area contributed by atoms with Gasteiger partial charge in [-0.05, 0) is 17.7 Å². The zero-order valence-electron chi connectivity index (χ0n) is 14.1. The summed E-state index contributed by atoms with van der Waals surface area (Å²) in [6.45, 7) is 0. The topological polar surface area (TPSA) is 29.1 Å². The van der Waals surface area contributed by atoms with E-state index in [4.69, 9.17) is 0 Å². The molecule has 0 fully saturated rings. The average Bonchev–Trinajstić information content (AvgIpc) is 2.73. The number of carbonyl (C=O) groups excluding carboxylic acids is 1. The summed E-state index contributed by atoms with van der Waals surface area (Å²) in [5, 5.41) is 0.862. The number of anilines is 1. The molecule has 1 atom stereocenters. The van der Waals surface area contributed by atoms with Gasteiger partial charge in [-0.1, -0.05) is 48.5 Å². The van der Waals surface area contributed by atoms with Crippen LogP contribution in [0.1, 0.15) is 10.8 Å². The number of thioether (sulfide) groups is 1. The van der Waals surface area contributed by atoms with Crippen LogP contribution in [0.5, 0.6) is 0 Å². The molecule has 0 bridgehead atoms. The maximum Gasteiger partial charge on any atom is 0.242 e. The van der Waals surface area contributed by atoms with Gasteiger partial charge in [0.1, 0.15) is 10.9 Å². The van der Waals surface area contributed by atoms with Crippen molar-refractivity contribution in [3.05, 3.63) is 95.3 Å². The number of carbonyl (C=O) groups is 1. The molecule has 0 saturated heterocycles. The van der Waals surface area contributed by atoms with Crippen molar-refractivity contribution in [2.24, 2.45) is 0 Å². The van der Waals surface area contributed by atoms with Crippen LogP contribution in [0.15, 0.2) is 65.6 Å². The molecule has 0 unspecified atom stereocenters. The van der Waals surface area contributed by atoms with Crippen molar-refractivity contribution in [1.29, 1.82) is 0 Å². The van der Waals surface area contributed by atoms with Crippen molar-refractivity contribution < 1.29 is 26.7 Å². The first kappa shape index (κ1) is 19.9. The number of benzene rings is 3. The lowest BCUT2D eigenvalue weighted by Gasteiger charge is -2.18. The van der Waals surface area contributed by atoms with Gasteiger partial charge in [0.05, 0.1) is 0 Å². The van der Waals surface area contributed by atoms with Crippen molar-refractivity contribution in [3.8, 4) is 0 Å². The quantitative estimate of drug-likeness (QED) is 0.248. The smallest absolute Gasteiger partial charge is 0.242 e. The predicted molar refractivity (Wildman–Crippen MR) is 96.3 cm³/mol. The second-order valence-corrected chi connectivity index (χ2v) is 6.83. The lowest BCUT2D eigenvalue weighted by molar-refractivity contribution is -0.115. The van der Waals surface area contributed by atoms with Crippen molar-refractivity contribution in [1.82, 2.24) is 0 Å². The summed E-state index contributed by atoms with van der Waals surface area (Å²) >= 11 is 1.07. The first-order valence-corrected chi connectivity index (χ1v) is 8.87. The lowest BCUT2D eigenvalue weighted by Crippen LogP contribution is -2.22. The van der Waals surface area contributed by atoms with Crippen molar-refractivity contribution in [2.75, 3.05) is 5.32 Å². The van der Waals surface area contributed by atoms with Gasteiger partial charge in [0.25, 0.3) is 0 Å². The Hall–Kier alpha value is -2.87. The summed E-state index contributed by atoms with van der Waals surface area (Å²) in [5.41, 5.74) is -0.881. The highest BCUT2D eigenvalue weighted by molar-refractivity contribution is 8.00.